The number of pyridine rings is 1. The monoisotopic (exact) mass is 899 g/mol. The molecule has 330 valence electrons. The van der Waals surface area contributed by atoms with E-state index in [9.17, 15) is 0 Å². The lowest BCUT2D eigenvalue weighted by Gasteiger charge is -2.32. The van der Waals surface area contributed by atoms with Crippen LogP contribution in [0.2, 0.25) is 0 Å². The Hall–Kier alpha value is -8.42. The van der Waals surface area contributed by atoms with Crippen molar-refractivity contribution in [2.45, 2.75) is 40.0 Å². The molecule has 6 nitrogen and oxygen atoms in total. The van der Waals surface area contributed by atoms with Crippen LogP contribution >= 0.6 is 0 Å². The predicted molar refractivity (Wildman–Crippen MR) is 283 cm³/mol. The van der Waals surface area contributed by atoms with Crippen LogP contribution < -0.4 is 25.7 Å². The Morgan fingerprint density at radius 3 is 1.99 bits per heavy atom. The number of rotatable bonds is 7. The summed E-state index contributed by atoms with van der Waals surface area (Å²) in [6.45, 7) is 11.1. The molecule has 4 aromatic heterocycles. The summed E-state index contributed by atoms with van der Waals surface area (Å²) in [5, 5.41) is 1.19. The molecule has 0 saturated heterocycles. The van der Waals surface area contributed by atoms with E-state index in [1.807, 2.05) is 65.4 Å². The van der Waals surface area contributed by atoms with Gasteiger partial charge in [-0.1, -0.05) is 183 Å². The molecular weight excluding hydrogens is 842 g/mol. The minimum atomic E-state index is -0.567. The minimum Gasteiger partial charge on any atom is -0.458 e. The highest BCUT2D eigenvalue weighted by Gasteiger charge is 2.42. The Bertz CT molecular complexity index is 4470. The topological polar surface area (TPSA) is 40.3 Å². The fourth-order valence-corrected chi connectivity index (χ4v) is 10.8. The standard InChI is InChI=1S/C62H48BN5O/c1-40-19-16-20-41(2)56(40)63-57-49-27-12-13-30-51(49)67-54-34-33-46(38-55(54)68(61(57)67)60-58(63)50(35-36-64-60)62(3,4)5)69-45-26-17-25-44(37-45)65-39-66(53-32-15-14-31-52(53)65)59-47(42-21-8-6-9-22-42)28-18-29-48(59)43-23-10-7-11-24-43/h6-38H,1-5H3/i6D,7D,8D,9D,10D,11D,21D,22D,23D,24D. The molecule has 5 heterocycles. The zero-order valence-electron chi connectivity index (χ0n) is 48.5. The molecule has 0 fully saturated rings. The summed E-state index contributed by atoms with van der Waals surface area (Å²) < 4.78 is 103. The van der Waals surface area contributed by atoms with E-state index in [4.69, 9.17) is 23.4 Å². The summed E-state index contributed by atoms with van der Waals surface area (Å²) in [7, 11) is 0. The Morgan fingerprint density at radius 2 is 1.26 bits per heavy atom. The lowest BCUT2D eigenvalue weighted by molar-refractivity contribution is -0.571. The molecular formula is C62H48BN5O. The lowest BCUT2D eigenvalue weighted by Crippen LogP contribution is -2.59. The van der Waals surface area contributed by atoms with Gasteiger partial charge >= 0.3 is 0 Å². The highest BCUT2D eigenvalue weighted by atomic mass is 16.5. The van der Waals surface area contributed by atoms with Crippen LogP contribution in [0.4, 0.5) is 0 Å². The number of aromatic nitrogens is 5. The Labute approximate surface area is 416 Å². The summed E-state index contributed by atoms with van der Waals surface area (Å²) in [6, 6.07) is 38.1. The van der Waals surface area contributed by atoms with Gasteiger partial charge in [0.25, 0.3) is 13.0 Å². The molecule has 69 heavy (non-hydrogen) atoms. The van der Waals surface area contributed by atoms with Gasteiger partial charge in [-0.05, 0) is 106 Å². The second kappa shape index (κ2) is 15.6. The maximum atomic E-state index is 9.08. The highest BCUT2D eigenvalue weighted by molar-refractivity contribution is 7.00. The van der Waals surface area contributed by atoms with Crippen LogP contribution in [0.1, 0.15) is 51.2 Å². The van der Waals surface area contributed by atoms with Crippen LogP contribution in [0.25, 0.3) is 78.1 Å². The van der Waals surface area contributed by atoms with Crippen LogP contribution in [0, 0.1) is 20.2 Å². The number of aryl methyl sites for hydroxylation is 2. The van der Waals surface area contributed by atoms with E-state index >= 15 is 0 Å². The van der Waals surface area contributed by atoms with Crippen molar-refractivity contribution in [2.24, 2.45) is 0 Å². The first-order valence-electron chi connectivity index (χ1n) is 28.0. The quantitative estimate of drug-likeness (QED) is 0.0908. The first-order valence-corrected chi connectivity index (χ1v) is 23.0. The molecule has 1 aliphatic heterocycles. The zero-order valence-corrected chi connectivity index (χ0v) is 38.5. The lowest BCUT2D eigenvalue weighted by atomic mass is 9.33. The van der Waals surface area contributed by atoms with E-state index < -0.39 is 60.4 Å². The van der Waals surface area contributed by atoms with E-state index in [2.05, 4.69) is 111 Å². The third-order valence-corrected chi connectivity index (χ3v) is 13.6. The van der Waals surface area contributed by atoms with Gasteiger partial charge in [-0.15, -0.1) is 0 Å². The maximum absolute atomic E-state index is 9.08. The number of imidazole rings is 2. The number of fused-ring (bicyclic) bond motifs is 9. The van der Waals surface area contributed by atoms with Crippen molar-refractivity contribution in [2.75, 3.05) is 0 Å². The van der Waals surface area contributed by atoms with Crippen LogP contribution in [-0.2, 0) is 5.41 Å². The second-order valence-corrected chi connectivity index (χ2v) is 18.7. The first-order chi connectivity index (χ1) is 37.9. The van der Waals surface area contributed by atoms with Crippen LogP contribution in [-0.4, -0.2) is 25.2 Å². The smallest absolute Gasteiger partial charge is 0.269 e. The van der Waals surface area contributed by atoms with E-state index in [1.54, 1.807) is 22.8 Å². The molecule has 13 rings (SSSR count). The SMILES string of the molecule is [2H]c1c([2H])c([2H])c(-c2cccc(-c3c([2H])c([2H])c([2H])c([2H])c3[2H])c2-[n+]2[c-]n(-c3cccc(Oc4ccc5c(c4)n4c6c(c7ccccc7n56)B(c5c(C)cccc5C)c5c(C(C)(C)C)ccnc5-4)c3)c3ccccc32)c([2H])c1[2H]. The van der Waals surface area contributed by atoms with Crippen molar-refractivity contribution in [3.05, 3.63) is 223 Å². The molecule has 1 aliphatic rings. The summed E-state index contributed by atoms with van der Waals surface area (Å²) >= 11 is 0. The van der Waals surface area contributed by atoms with E-state index in [-0.39, 0.29) is 40.1 Å². The molecule has 7 heteroatoms. The second-order valence-electron chi connectivity index (χ2n) is 18.7. The van der Waals surface area contributed by atoms with Crippen molar-refractivity contribution in [3.63, 3.8) is 0 Å². The summed E-state index contributed by atoms with van der Waals surface area (Å²) in [6.07, 6.45) is 5.41. The van der Waals surface area contributed by atoms with Gasteiger partial charge in [-0.3, -0.25) is 18.1 Å². The normalized spacial score (nSPS) is 14.4. The number of para-hydroxylation sites is 4. The van der Waals surface area contributed by atoms with Gasteiger partial charge in [-0.25, -0.2) is 4.98 Å². The average Bonchev–Trinajstić information content (AvgIpc) is 2.57. The van der Waals surface area contributed by atoms with Gasteiger partial charge in [0.15, 0.2) is 0 Å². The molecule has 0 spiro atoms. The van der Waals surface area contributed by atoms with Crippen molar-refractivity contribution in [1.82, 2.24) is 18.5 Å². The van der Waals surface area contributed by atoms with E-state index in [0.29, 0.717) is 28.2 Å². The Kier molecular flexibility index (Phi) is 7.12. The molecule has 8 aromatic carbocycles. The molecule has 0 bridgehead atoms. The fourth-order valence-electron chi connectivity index (χ4n) is 10.8. The van der Waals surface area contributed by atoms with Gasteiger partial charge in [0.1, 0.15) is 23.0 Å². The van der Waals surface area contributed by atoms with Crippen LogP contribution in [0.5, 0.6) is 11.5 Å². The molecule has 0 radical (unpaired) electrons. The number of nitrogens with zero attached hydrogens (tertiary/aromatic N) is 5. The van der Waals surface area contributed by atoms with Crippen LogP contribution in [0.15, 0.2) is 200 Å². The van der Waals surface area contributed by atoms with Crippen molar-refractivity contribution in [3.8, 4) is 50.9 Å². The summed E-state index contributed by atoms with van der Waals surface area (Å²) in [4.78, 5) is 5.25. The van der Waals surface area contributed by atoms with Crippen molar-refractivity contribution >= 4 is 61.7 Å². The molecule has 0 atom stereocenters. The number of benzene rings is 8. The van der Waals surface area contributed by atoms with E-state index in [0.717, 1.165) is 28.0 Å². The third kappa shape index (κ3) is 6.34. The van der Waals surface area contributed by atoms with Gasteiger partial charge in [0.05, 0.1) is 52.7 Å². The number of ether oxygens (including phenoxy) is 1. The minimum absolute atomic E-state index is 0.0925. The molecule has 0 unspecified atom stereocenters. The van der Waals surface area contributed by atoms with Gasteiger partial charge < -0.3 is 4.74 Å². The molecule has 0 saturated carbocycles. The largest absolute Gasteiger partial charge is 0.458 e. The van der Waals surface area contributed by atoms with Gasteiger partial charge in [-0.2, -0.15) is 0 Å². The predicted octanol–water partition coefficient (Wildman–Crippen LogP) is 12.3. The van der Waals surface area contributed by atoms with Crippen LogP contribution in [0.3, 0.4) is 0 Å². The molecule has 0 amide bonds. The van der Waals surface area contributed by atoms with E-state index in [1.165, 1.54) is 38.5 Å². The highest BCUT2D eigenvalue weighted by Crippen LogP contribution is 2.38. The number of hydrogen-bond donors (Lipinski definition) is 0. The third-order valence-electron chi connectivity index (χ3n) is 13.6. The molecule has 0 aliphatic carbocycles. The van der Waals surface area contributed by atoms with Crippen molar-refractivity contribution in [1.29, 1.82) is 0 Å². The van der Waals surface area contributed by atoms with Gasteiger partial charge in [0, 0.05) is 12.3 Å². The van der Waals surface area contributed by atoms with Crippen molar-refractivity contribution < 1.29 is 23.0 Å². The number of hydrogen-bond acceptors (Lipinski definition) is 2. The zero-order chi connectivity index (χ0) is 55.2. The summed E-state index contributed by atoms with van der Waals surface area (Å²) in [5.74, 6) is 1.98. The first kappa shape index (κ1) is 31.5. The molecule has 0 N–H and O–H groups in total. The Morgan fingerprint density at radius 1 is 0.609 bits per heavy atom. The average molecular weight is 900 g/mol. The molecule has 12 aromatic rings. The summed E-state index contributed by atoms with van der Waals surface area (Å²) in [5.41, 5.74) is 13.3. The van der Waals surface area contributed by atoms with Gasteiger partial charge in [0.2, 0.25) is 0 Å². The Balaban J connectivity index is 0.992. The fraction of sp³-hybridized carbons (Fsp3) is 0.0968. The maximum Gasteiger partial charge on any atom is 0.269 e.